The molecule has 5 heteroatoms. The third-order valence-corrected chi connectivity index (χ3v) is 5.19. The number of ether oxygens (including phenoxy) is 2. The molecule has 0 fully saturated rings. The Labute approximate surface area is 176 Å². The van der Waals surface area contributed by atoms with Crippen molar-refractivity contribution in [3.63, 3.8) is 0 Å². The van der Waals surface area contributed by atoms with Gasteiger partial charge in [0.2, 0.25) is 0 Å². The minimum absolute atomic E-state index is 0.0819. The second kappa shape index (κ2) is 8.33. The zero-order valence-corrected chi connectivity index (χ0v) is 17.3. The van der Waals surface area contributed by atoms with E-state index < -0.39 is 0 Å². The highest BCUT2D eigenvalue weighted by Gasteiger charge is 2.34. The zero-order valence-electron chi connectivity index (χ0n) is 17.3. The Morgan fingerprint density at radius 2 is 1.37 bits per heavy atom. The van der Waals surface area contributed by atoms with Gasteiger partial charge < -0.3 is 14.8 Å². The second-order valence-electron chi connectivity index (χ2n) is 7.16. The van der Waals surface area contributed by atoms with Crippen LogP contribution in [0.25, 0.3) is 0 Å². The van der Waals surface area contributed by atoms with Gasteiger partial charge in [-0.05, 0) is 67.1 Å². The molecule has 0 saturated carbocycles. The van der Waals surface area contributed by atoms with Crippen molar-refractivity contribution in [1.29, 1.82) is 0 Å². The molecule has 30 heavy (non-hydrogen) atoms. The highest BCUT2D eigenvalue weighted by atomic mass is 16.5. The molecule has 3 aromatic carbocycles. The van der Waals surface area contributed by atoms with Crippen LogP contribution in [0, 0.1) is 6.92 Å². The van der Waals surface area contributed by atoms with Gasteiger partial charge in [-0.25, -0.2) is 0 Å². The van der Waals surface area contributed by atoms with Gasteiger partial charge in [-0.1, -0.05) is 29.8 Å². The van der Waals surface area contributed by atoms with E-state index in [1.807, 2.05) is 54.6 Å². The number of hydrogen-bond donors (Lipinski definition) is 1. The SMILES string of the molecule is COc1ccc(NC2=C[C@H](c3ccc(C)cc3)N(c3ccc(OC)cc3)C2=O)cc1. The number of carbonyl (C=O) groups is 1. The third-order valence-electron chi connectivity index (χ3n) is 5.19. The van der Waals surface area contributed by atoms with Crippen LogP contribution in [0.2, 0.25) is 0 Å². The largest absolute Gasteiger partial charge is 0.497 e. The highest BCUT2D eigenvalue weighted by molar-refractivity contribution is 6.11. The lowest BCUT2D eigenvalue weighted by Gasteiger charge is -2.25. The van der Waals surface area contributed by atoms with Gasteiger partial charge in [-0.15, -0.1) is 0 Å². The lowest BCUT2D eigenvalue weighted by atomic mass is 10.0. The van der Waals surface area contributed by atoms with Gasteiger partial charge in [0.15, 0.2) is 0 Å². The van der Waals surface area contributed by atoms with E-state index in [1.54, 1.807) is 19.1 Å². The molecule has 0 saturated heterocycles. The van der Waals surface area contributed by atoms with Crippen molar-refractivity contribution in [2.24, 2.45) is 0 Å². The van der Waals surface area contributed by atoms with Crippen LogP contribution in [0.5, 0.6) is 11.5 Å². The van der Waals surface area contributed by atoms with Crippen molar-refractivity contribution in [2.75, 3.05) is 24.4 Å². The van der Waals surface area contributed by atoms with Crippen LogP contribution in [0.4, 0.5) is 11.4 Å². The summed E-state index contributed by atoms with van der Waals surface area (Å²) in [6, 6.07) is 23.1. The number of amides is 1. The zero-order chi connectivity index (χ0) is 21.1. The smallest absolute Gasteiger partial charge is 0.275 e. The Kier molecular flexibility index (Phi) is 5.44. The summed E-state index contributed by atoms with van der Waals surface area (Å²) in [5, 5.41) is 3.27. The molecule has 1 aliphatic rings. The van der Waals surface area contributed by atoms with E-state index in [-0.39, 0.29) is 11.9 Å². The number of nitrogens with one attached hydrogen (secondary N) is 1. The van der Waals surface area contributed by atoms with Gasteiger partial charge in [-0.2, -0.15) is 0 Å². The summed E-state index contributed by atoms with van der Waals surface area (Å²) in [5.41, 5.74) is 4.42. The van der Waals surface area contributed by atoms with E-state index in [0.29, 0.717) is 5.70 Å². The van der Waals surface area contributed by atoms with E-state index in [0.717, 1.165) is 28.4 Å². The summed E-state index contributed by atoms with van der Waals surface area (Å²) in [4.78, 5) is 15.2. The van der Waals surface area contributed by atoms with Crippen LogP contribution in [-0.4, -0.2) is 20.1 Å². The molecule has 0 radical (unpaired) electrons. The third kappa shape index (κ3) is 3.87. The van der Waals surface area contributed by atoms with E-state index in [9.17, 15) is 4.79 Å². The molecule has 1 amide bonds. The first-order chi connectivity index (χ1) is 14.6. The van der Waals surface area contributed by atoms with Crippen molar-refractivity contribution < 1.29 is 14.3 Å². The van der Waals surface area contributed by atoms with Crippen LogP contribution in [0.15, 0.2) is 84.6 Å². The normalized spacial score (nSPS) is 15.7. The molecule has 0 bridgehead atoms. The minimum atomic E-state index is -0.202. The fraction of sp³-hybridized carbons (Fsp3) is 0.160. The quantitative estimate of drug-likeness (QED) is 0.626. The molecule has 0 aliphatic carbocycles. The molecule has 1 aliphatic heterocycles. The van der Waals surface area contributed by atoms with Crippen LogP contribution >= 0.6 is 0 Å². The molecule has 3 aromatic rings. The van der Waals surface area contributed by atoms with Gasteiger partial charge in [0, 0.05) is 11.4 Å². The van der Waals surface area contributed by atoms with Crippen LogP contribution < -0.4 is 19.7 Å². The Morgan fingerprint density at radius 1 is 0.800 bits per heavy atom. The molecule has 5 nitrogen and oxygen atoms in total. The maximum absolute atomic E-state index is 13.4. The molecule has 0 spiro atoms. The predicted molar refractivity (Wildman–Crippen MR) is 119 cm³/mol. The summed E-state index contributed by atoms with van der Waals surface area (Å²) in [5.74, 6) is 1.44. The van der Waals surface area contributed by atoms with E-state index >= 15 is 0 Å². The number of carbonyl (C=O) groups excluding carboxylic acids is 1. The van der Waals surface area contributed by atoms with E-state index in [2.05, 4.69) is 36.5 Å². The topological polar surface area (TPSA) is 50.8 Å². The summed E-state index contributed by atoms with van der Waals surface area (Å²) in [6.07, 6.45) is 1.97. The van der Waals surface area contributed by atoms with Gasteiger partial charge in [0.1, 0.15) is 17.2 Å². The highest BCUT2D eigenvalue weighted by Crippen LogP contribution is 2.37. The first-order valence-corrected chi connectivity index (χ1v) is 9.76. The van der Waals surface area contributed by atoms with Crippen molar-refractivity contribution in [3.8, 4) is 11.5 Å². The molecule has 152 valence electrons. The number of aryl methyl sites for hydroxylation is 1. The van der Waals surface area contributed by atoms with Crippen molar-refractivity contribution in [2.45, 2.75) is 13.0 Å². The van der Waals surface area contributed by atoms with Crippen molar-refractivity contribution in [3.05, 3.63) is 95.7 Å². The molecular weight excluding hydrogens is 376 g/mol. The van der Waals surface area contributed by atoms with Gasteiger partial charge in [0.25, 0.3) is 5.91 Å². The van der Waals surface area contributed by atoms with Gasteiger partial charge in [-0.3, -0.25) is 9.69 Å². The average Bonchev–Trinajstić information content (AvgIpc) is 3.10. The Bertz CT molecular complexity index is 1060. The first kappa shape index (κ1) is 19.6. The summed E-state index contributed by atoms with van der Waals surface area (Å²) < 4.78 is 10.5. The molecule has 0 unspecified atom stereocenters. The maximum Gasteiger partial charge on any atom is 0.275 e. The average molecular weight is 400 g/mol. The van der Waals surface area contributed by atoms with Crippen LogP contribution in [0.1, 0.15) is 17.2 Å². The van der Waals surface area contributed by atoms with Gasteiger partial charge >= 0.3 is 0 Å². The van der Waals surface area contributed by atoms with E-state index in [4.69, 9.17) is 9.47 Å². The molecule has 0 aromatic heterocycles. The minimum Gasteiger partial charge on any atom is -0.497 e. The van der Waals surface area contributed by atoms with Crippen LogP contribution in [-0.2, 0) is 4.79 Å². The summed E-state index contributed by atoms with van der Waals surface area (Å²) >= 11 is 0. The number of benzene rings is 3. The first-order valence-electron chi connectivity index (χ1n) is 9.76. The number of methoxy groups -OCH3 is 2. The van der Waals surface area contributed by atoms with Crippen LogP contribution in [0.3, 0.4) is 0 Å². The number of hydrogen-bond acceptors (Lipinski definition) is 4. The monoisotopic (exact) mass is 400 g/mol. The Balaban J connectivity index is 1.68. The summed E-state index contributed by atoms with van der Waals surface area (Å²) in [6.45, 7) is 2.05. The fourth-order valence-electron chi connectivity index (χ4n) is 3.51. The second-order valence-corrected chi connectivity index (χ2v) is 7.16. The maximum atomic E-state index is 13.4. The lowest BCUT2D eigenvalue weighted by molar-refractivity contribution is -0.114. The fourth-order valence-corrected chi connectivity index (χ4v) is 3.51. The van der Waals surface area contributed by atoms with Crippen molar-refractivity contribution >= 4 is 17.3 Å². The number of anilines is 2. The predicted octanol–water partition coefficient (Wildman–Crippen LogP) is 5.10. The lowest BCUT2D eigenvalue weighted by Crippen LogP contribution is -2.30. The van der Waals surface area contributed by atoms with Gasteiger partial charge in [0.05, 0.1) is 20.3 Å². The molecule has 4 rings (SSSR count). The number of rotatable bonds is 6. The molecular formula is C25H24N2O3. The Hall–Kier alpha value is -3.73. The molecule has 1 atom stereocenters. The van der Waals surface area contributed by atoms with E-state index in [1.165, 1.54) is 5.56 Å². The van der Waals surface area contributed by atoms with Crippen molar-refractivity contribution in [1.82, 2.24) is 0 Å². The number of nitrogens with zero attached hydrogens (tertiary/aromatic N) is 1. The summed E-state index contributed by atoms with van der Waals surface area (Å²) in [7, 11) is 3.26. The molecule has 1 N–H and O–H groups in total. The Morgan fingerprint density at radius 3 is 1.93 bits per heavy atom. The molecule has 1 heterocycles. The standard InChI is InChI=1S/C25H24N2O3/c1-17-4-6-18(7-5-17)24-16-23(26-19-8-12-21(29-2)13-9-19)25(28)27(24)20-10-14-22(30-3)15-11-20/h4-16,24,26H,1-3H3/t24-/m1/s1.